The minimum absolute atomic E-state index is 0.0601. The number of rotatable bonds is 5. The van der Waals surface area contributed by atoms with E-state index in [1.165, 1.54) is 18.2 Å². The molecular formula is C13H15F2N3. The van der Waals surface area contributed by atoms with Crippen LogP contribution >= 0.6 is 0 Å². The zero-order valence-corrected chi connectivity index (χ0v) is 10.2. The van der Waals surface area contributed by atoms with Gasteiger partial charge in [0, 0.05) is 18.3 Å². The maximum absolute atomic E-state index is 13.5. The van der Waals surface area contributed by atoms with Gasteiger partial charge in [0.2, 0.25) is 0 Å². The van der Waals surface area contributed by atoms with Crippen LogP contribution in [0.25, 0.3) is 0 Å². The molecule has 2 aromatic rings. The van der Waals surface area contributed by atoms with Crippen LogP contribution in [0.3, 0.4) is 0 Å². The second-order valence-electron chi connectivity index (χ2n) is 4.02. The van der Waals surface area contributed by atoms with Crippen LogP contribution in [0.1, 0.15) is 18.2 Å². The quantitative estimate of drug-likeness (QED) is 0.883. The van der Waals surface area contributed by atoms with E-state index in [1.807, 2.05) is 6.92 Å². The lowest BCUT2D eigenvalue weighted by Crippen LogP contribution is -2.11. The number of aromatic nitrogens is 2. The van der Waals surface area contributed by atoms with E-state index in [-0.39, 0.29) is 12.1 Å². The maximum atomic E-state index is 13.5. The molecule has 5 heteroatoms. The molecular weight excluding hydrogens is 236 g/mol. The van der Waals surface area contributed by atoms with Crippen LogP contribution in [0.4, 0.5) is 8.78 Å². The van der Waals surface area contributed by atoms with Gasteiger partial charge in [0.1, 0.15) is 11.6 Å². The topological polar surface area (TPSA) is 29.9 Å². The molecule has 0 aliphatic heterocycles. The lowest BCUT2D eigenvalue weighted by atomic mass is 10.2. The Kier molecular flexibility index (Phi) is 4.04. The number of hydrogen-bond donors (Lipinski definition) is 1. The molecule has 0 spiro atoms. The average molecular weight is 251 g/mol. The molecule has 0 unspecified atom stereocenters. The molecule has 2 rings (SSSR count). The molecule has 0 aliphatic carbocycles. The summed E-state index contributed by atoms with van der Waals surface area (Å²) in [5.74, 6) is -1.06. The number of nitrogens with one attached hydrogen (secondary N) is 1. The van der Waals surface area contributed by atoms with Crippen molar-refractivity contribution in [3.05, 3.63) is 53.6 Å². The maximum Gasteiger partial charge on any atom is 0.131 e. The van der Waals surface area contributed by atoms with E-state index >= 15 is 0 Å². The van der Waals surface area contributed by atoms with Crippen molar-refractivity contribution in [1.29, 1.82) is 0 Å². The lowest BCUT2D eigenvalue weighted by Gasteiger charge is -2.05. The third-order valence-corrected chi connectivity index (χ3v) is 2.65. The summed E-state index contributed by atoms with van der Waals surface area (Å²) < 4.78 is 28.6. The molecule has 0 fully saturated rings. The molecule has 0 radical (unpaired) electrons. The summed E-state index contributed by atoms with van der Waals surface area (Å²) in [7, 11) is 0. The smallest absolute Gasteiger partial charge is 0.131 e. The van der Waals surface area contributed by atoms with Crippen molar-refractivity contribution in [2.45, 2.75) is 20.0 Å². The molecule has 0 atom stereocenters. The highest BCUT2D eigenvalue weighted by Crippen LogP contribution is 2.13. The number of halogens is 2. The Labute approximate surface area is 104 Å². The zero-order valence-electron chi connectivity index (χ0n) is 10.2. The first-order chi connectivity index (χ1) is 8.70. The van der Waals surface area contributed by atoms with Crippen LogP contribution in [0.5, 0.6) is 0 Å². The number of hydrogen-bond acceptors (Lipinski definition) is 2. The Bertz CT molecular complexity index is 502. The van der Waals surface area contributed by atoms with Gasteiger partial charge in [-0.25, -0.2) is 13.8 Å². The first-order valence-electron chi connectivity index (χ1n) is 5.85. The van der Waals surface area contributed by atoms with Crippen LogP contribution < -0.4 is 5.32 Å². The third-order valence-electron chi connectivity index (χ3n) is 2.65. The molecule has 1 aromatic heterocycles. The van der Waals surface area contributed by atoms with Crippen LogP contribution in [0.15, 0.2) is 30.7 Å². The summed E-state index contributed by atoms with van der Waals surface area (Å²) in [6, 6.07) is 3.88. The van der Waals surface area contributed by atoms with E-state index in [2.05, 4.69) is 10.3 Å². The Morgan fingerprint density at radius 2 is 2.00 bits per heavy atom. The van der Waals surface area contributed by atoms with Crippen molar-refractivity contribution < 1.29 is 8.78 Å². The van der Waals surface area contributed by atoms with Gasteiger partial charge in [0.05, 0.1) is 18.6 Å². The Morgan fingerprint density at radius 1 is 1.28 bits per heavy atom. The van der Waals surface area contributed by atoms with E-state index < -0.39 is 11.6 Å². The fraction of sp³-hybridized carbons (Fsp3) is 0.308. The highest BCUT2D eigenvalue weighted by molar-refractivity contribution is 5.20. The molecule has 3 nitrogen and oxygen atoms in total. The van der Waals surface area contributed by atoms with Crippen molar-refractivity contribution in [3.8, 4) is 0 Å². The minimum atomic E-state index is -0.531. The SMILES string of the molecule is CCNCc1cn(Cc2c(F)cccc2F)cn1. The van der Waals surface area contributed by atoms with Crippen molar-refractivity contribution in [3.63, 3.8) is 0 Å². The molecule has 0 saturated heterocycles. The van der Waals surface area contributed by atoms with Crippen molar-refractivity contribution in [1.82, 2.24) is 14.9 Å². The number of benzene rings is 1. The van der Waals surface area contributed by atoms with Crippen LogP contribution in [-0.2, 0) is 13.1 Å². The molecule has 0 bridgehead atoms. The van der Waals surface area contributed by atoms with Gasteiger partial charge in [-0.15, -0.1) is 0 Å². The fourth-order valence-electron chi connectivity index (χ4n) is 1.70. The number of imidazole rings is 1. The van der Waals surface area contributed by atoms with Crippen molar-refractivity contribution in [2.24, 2.45) is 0 Å². The second-order valence-corrected chi connectivity index (χ2v) is 4.02. The van der Waals surface area contributed by atoms with Crippen LogP contribution in [0, 0.1) is 11.6 Å². The summed E-state index contributed by atoms with van der Waals surface area (Å²) >= 11 is 0. The molecule has 1 N–H and O–H groups in total. The normalized spacial score (nSPS) is 10.8. The van der Waals surface area contributed by atoms with Gasteiger partial charge in [-0.3, -0.25) is 0 Å². The first-order valence-corrected chi connectivity index (χ1v) is 5.85. The van der Waals surface area contributed by atoms with Gasteiger partial charge in [-0.05, 0) is 18.7 Å². The summed E-state index contributed by atoms with van der Waals surface area (Å²) in [4.78, 5) is 4.16. The lowest BCUT2D eigenvalue weighted by molar-refractivity contribution is 0.544. The van der Waals surface area contributed by atoms with Crippen LogP contribution in [0.2, 0.25) is 0 Å². The van der Waals surface area contributed by atoms with Gasteiger partial charge >= 0.3 is 0 Å². The van der Waals surface area contributed by atoms with E-state index in [0.717, 1.165) is 12.2 Å². The molecule has 18 heavy (non-hydrogen) atoms. The Balaban J connectivity index is 2.11. The fourth-order valence-corrected chi connectivity index (χ4v) is 1.70. The summed E-state index contributed by atoms with van der Waals surface area (Å²) in [6.07, 6.45) is 3.37. The highest BCUT2D eigenvalue weighted by atomic mass is 19.1. The Hall–Kier alpha value is -1.75. The van der Waals surface area contributed by atoms with Crippen LogP contribution in [-0.4, -0.2) is 16.1 Å². The predicted octanol–water partition coefficient (Wildman–Crippen LogP) is 2.32. The van der Waals surface area contributed by atoms with Gasteiger partial charge in [-0.1, -0.05) is 13.0 Å². The molecule has 0 saturated carbocycles. The molecule has 1 heterocycles. The molecule has 96 valence electrons. The zero-order chi connectivity index (χ0) is 13.0. The molecule has 1 aromatic carbocycles. The second kappa shape index (κ2) is 5.73. The van der Waals surface area contributed by atoms with E-state index in [4.69, 9.17) is 0 Å². The van der Waals surface area contributed by atoms with Gasteiger partial charge in [0.25, 0.3) is 0 Å². The summed E-state index contributed by atoms with van der Waals surface area (Å²) in [5.41, 5.74) is 0.915. The van der Waals surface area contributed by atoms with Gasteiger partial charge < -0.3 is 9.88 Å². The molecule has 0 amide bonds. The monoisotopic (exact) mass is 251 g/mol. The summed E-state index contributed by atoms with van der Waals surface area (Å²) in [5, 5.41) is 3.14. The van der Waals surface area contributed by atoms with Gasteiger partial charge in [-0.2, -0.15) is 0 Å². The van der Waals surface area contributed by atoms with E-state index in [1.54, 1.807) is 17.1 Å². The summed E-state index contributed by atoms with van der Waals surface area (Å²) in [6.45, 7) is 3.67. The van der Waals surface area contributed by atoms with E-state index in [0.29, 0.717) is 6.54 Å². The molecule has 0 aliphatic rings. The first kappa shape index (κ1) is 12.7. The van der Waals surface area contributed by atoms with Crippen molar-refractivity contribution >= 4 is 0 Å². The largest absolute Gasteiger partial charge is 0.333 e. The van der Waals surface area contributed by atoms with Gasteiger partial charge in [0.15, 0.2) is 0 Å². The average Bonchev–Trinajstić information content (AvgIpc) is 2.79. The third kappa shape index (κ3) is 2.92. The van der Waals surface area contributed by atoms with Crippen molar-refractivity contribution in [2.75, 3.05) is 6.54 Å². The predicted molar refractivity (Wildman–Crippen MR) is 65.1 cm³/mol. The minimum Gasteiger partial charge on any atom is -0.333 e. The number of nitrogens with zero attached hydrogens (tertiary/aromatic N) is 2. The Morgan fingerprint density at radius 3 is 2.67 bits per heavy atom. The van der Waals surface area contributed by atoms with E-state index in [9.17, 15) is 8.78 Å². The standard InChI is InChI=1S/C13H15F2N3/c1-2-16-6-10-7-18(9-17-10)8-11-12(14)4-3-5-13(11)15/h3-5,7,9,16H,2,6,8H2,1H3. The highest BCUT2D eigenvalue weighted by Gasteiger charge is 2.09.